The number of Topliss-reactive ketones (excluding diaryl/α,β-unsaturated/α-hetero) is 1. The molecule has 0 radical (unpaired) electrons. The Hall–Kier alpha value is -0.860. The average molecular weight is 168 g/mol. The Labute approximate surface area is 71.1 Å². The summed E-state index contributed by atoms with van der Waals surface area (Å²) in [6.07, 6.45) is 2.62. The highest BCUT2D eigenvalue weighted by molar-refractivity contribution is 5.90. The van der Waals surface area contributed by atoms with Crippen molar-refractivity contribution in [2.45, 2.75) is 32.3 Å². The molecule has 0 N–H and O–H groups in total. The van der Waals surface area contributed by atoms with Crippen LogP contribution in [0.1, 0.15) is 26.2 Å². The van der Waals surface area contributed by atoms with Gasteiger partial charge in [-0.05, 0) is 19.3 Å². The Morgan fingerprint density at radius 2 is 2.25 bits per heavy atom. The van der Waals surface area contributed by atoms with Gasteiger partial charge >= 0.3 is 5.97 Å². The second-order valence-corrected chi connectivity index (χ2v) is 3.67. The third-order valence-corrected chi connectivity index (χ3v) is 2.87. The summed E-state index contributed by atoms with van der Waals surface area (Å²) in [4.78, 5) is 21.9. The number of carbonyl (C=O) groups is 2. The van der Waals surface area contributed by atoms with Crippen molar-refractivity contribution in [3.63, 3.8) is 0 Å². The molecule has 0 aromatic heterocycles. The molecule has 0 aromatic carbocycles. The first-order chi connectivity index (χ1) is 5.68. The Morgan fingerprint density at radius 1 is 1.50 bits per heavy atom. The van der Waals surface area contributed by atoms with Gasteiger partial charge in [0, 0.05) is 12.8 Å². The minimum Gasteiger partial charge on any atom is -0.462 e. The first-order valence-corrected chi connectivity index (χ1v) is 4.39. The molecule has 66 valence electrons. The second kappa shape index (κ2) is 2.57. The number of fused-ring (bicyclic) bond motifs is 2. The molecule has 3 heteroatoms. The van der Waals surface area contributed by atoms with Crippen molar-refractivity contribution in [3.05, 3.63) is 0 Å². The van der Waals surface area contributed by atoms with Gasteiger partial charge in [0.25, 0.3) is 0 Å². The maximum absolute atomic E-state index is 11.2. The summed E-state index contributed by atoms with van der Waals surface area (Å²) in [7, 11) is 0. The van der Waals surface area contributed by atoms with Crippen LogP contribution in [-0.4, -0.2) is 17.9 Å². The van der Waals surface area contributed by atoms with E-state index in [1.807, 2.05) is 0 Å². The van der Waals surface area contributed by atoms with Crippen molar-refractivity contribution in [3.8, 4) is 0 Å². The van der Waals surface area contributed by atoms with Crippen LogP contribution in [-0.2, 0) is 14.3 Å². The fourth-order valence-electron chi connectivity index (χ4n) is 2.20. The zero-order chi connectivity index (χ0) is 8.72. The van der Waals surface area contributed by atoms with Crippen molar-refractivity contribution in [2.75, 3.05) is 0 Å². The molecule has 3 aliphatic carbocycles. The molecule has 3 fully saturated rings. The van der Waals surface area contributed by atoms with Gasteiger partial charge in [0.1, 0.15) is 11.9 Å². The van der Waals surface area contributed by atoms with Gasteiger partial charge in [-0.2, -0.15) is 0 Å². The summed E-state index contributed by atoms with van der Waals surface area (Å²) >= 11 is 0. The predicted molar refractivity (Wildman–Crippen MR) is 41.4 cm³/mol. The van der Waals surface area contributed by atoms with Gasteiger partial charge in [0.05, 0.1) is 5.92 Å². The molecule has 3 rings (SSSR count). The molecule has 3 aliphatic rings. The van der Waals surface area contributed by atoms with Crippen LogP contribution in [0.4, 0.5) is 0 Å². The van der Waals surface area contributed by atoms with E-state index in [0.717, 1.165) is 19.3 Å². The summed E-state index contributed by atoms with van der Waals surface area (Å²) in [6.45, 7) is 1.40. The van der Waals surface area contributed by atoms with Gasteiger partial charge in [-0.1, -0.05) is 0 Å². The average Bonchev–Trinajstić information content (AvgIpc) is 2.02. The number of ether oxygens (including phenoxy) is 1. The summed E-state index contributed by atoms with van der Waals surface area (Å²) < 4.78 is 5.05. The molecular weight excluding hydrogens is 156 g/mol. The number of hydrogen-bond donors (Lipinski definition) is 0. The number of ketones is 1. The topological polar surface area (TPSA) is 43.4 Å². The normalized spacial score (nSPS) is 38.8. The lowest BCUT2D eigenvalue weighted by Gasteiger charge is -2.43. The van der Waals surface area contributed by atoms with Gasteiger partial charge in [0.2, 0.25) is 0 Å². The Kier molecular flexibility index (Phi) is 1.67. The molecule has 0 heterocycles. The SMILES string of the molecule is CC(=O)OC1CCC2CC1C2=O. The fourth-order valence-corrected chi connectivity index (χ4v) is 2.20. The molecule has 0 spiro atoms. The zero-order valence-electron chi connectivity index (χ0n) is 7.08. The van der Waals surface area contributed by atoms with Gasteiger partial charge in [-0.3, -0.25) is 9.59 Å². The molecule has 0 saturated heterocycles. The second-order valence-electron chi connectivity index (χ2n) is 3.67. The molecular formula is C9H12O3. The van der Waals surface area contributed by atoms with E-state index in [0.29, 0.717) is 11.7 Å². The van der Waals surface area contributed by atoms with Crippen LogP contribution < -0.4 is 0 Å². The van der Waals surface area contributed by atoms with Crippen LogP contribution in [0.3, 0.4) is 0 Å². The van der Waals surface area contributed by atoms with Crippen LogP contribution in [0.5, 0.6) is 0 Å². The van der Waals surface area contributed by atoms with Crippen molar-refractivity contribution < 1.29 is 14.3 Å². The molecule has 0 aliphatic heterocycles. The maximum Gasteiger partial charge on any atom is 0.302 e. The summed E-state index contributed by atoms with van der Waals surface area (Å²) in [5.74, 6) is 0.375. The summed E-state index contributed by atoms with van der Waals surface area (Å²) in [6, 6.07) is 0. The van der Waals surface area contributed by atoms with Crippen LogP contribution >= 0.6 is 0 Å². The first-order valence-electron chi connectivity index (χ1n) is 4.39. The van der Waals surface area contributed by atoms with E-state index >= 15 is 0 Å². The van der Waals surface area contributed by atoms with Crippen molar-refractivity contribution >= 4 is 11.8 Å². The van der Waals surface area contributed by atoms with Crippen molar-refractivity contribution in [2.24, 2.45) is 11.8 Å². The van der Waals surface area contributed by atoms with E-state index in [-0.39, 0.29) is 18.0 Å². The smallest absolute Gasteiger partial charge is 0.302 e. The van der Waals surface area contributed by atoms with E-state index in [1.165, 1.54) is 6.92 Å². The van der Waals surface area contributed by atoms with Crippen LogP contribution in [0, 0.1) is 11.8 Å². The van der Waals surface area contributed by atoms with Gasteiger partial charge in [-0.15, -0.1) is 0 Å². The zero-order valence-corrected chi connectivity index (χ0v) is 7.08. The summed E-state index contributed by atoms with van der Waals surface area (Å²) in [5, 5.41) is 0. The van der Waals surface area contributed by atoms with Gasteiger partial charge in [0.15, 0.2) is 0 Å². The van der Waals surface area contributed by atoms with Gasteiger partial charge < -0.3 is 4.74 Å². The third kappa shape index (κ3) is 1.04. The highest BCUT2D eigenvalue weighted by Gasteiger charge is 2.49. The third-order valence-electron chi connectivity index (χ3n) is 2.87. The number of esters is 1. The molecule has 2 bridgehead atoms. The highest BCUT2D eigenvalue weighted by atomic mass is 16.5. The maximum atomic E-state index is 11.2. The van der Waals surface area contributed by atoms with Crippen molar-refractivity contribution in [1.29, 1.82) is 0 Å². The minimum atomic E-state index is -0.266. The van der Waals surface area contributed by atoms with E-state index in [4.69, 9.17) is 4.74 Å². The lowest BCUT2D eigenvalue weighted by molar-refractivity contribution is -0.164. The number of carbonyl (C=O) groups excluding carboxylic acids is 2. The fraction of sp³-hybridized carbons (Fsp3) is 0.778. The minimum absolute atomic E-state index is 0.0349. The summed E-state index contributed by atoms with van der Waals surface area (Å²) in [5.41, 5.74) is 0. The Morgan fingerprint density at radius 3 is 2.75 bits per heavy atom. The van der Waals surface area contributed by atoms with E-state index in [9.17, 15) is 9.59 Å². The molecule has 3 nitrogen and oxygen atoms in total. The van der Waals surface area contributed by atoms with Crippen molar-refractivity contribution in [1.82, 2.24) is 0 Å². The Balaban J connectivity index is 1.98. The quantitative estimate of drug-likeness (QED) is 0.547. The lowest BCUT2D eigenvalue weighted by atomic mass is 9.62. The lowest BCUT2D eigenvalue weighted by Crippen LogP contribution is -2.50. The molecule has 3 saturated carbocycles. The molecule has 3 unspecified atom stereocenters. The standard InChI is InChI=1S/C9H12O3/c1-5(10)12-8-3-2-6-4-7(8)9(6)11/h6-8H,2-4H2,1H3. The Bertz CT molecular complexity index is 232. The first kappa shape index (κ1) is 7.77. The van der Waals surface area contributed by atoms with E-state index in [1.54, 1.807) is 0 Å². The molecule has 0 amide bonds. The molecule has 3 atom stereocenters. The molecule has 0 aromatic rings. The van der Waals surface area contributed by atoms with Gasteiger partial charge in [-0.25, -0.2) is 0 Å². The monoisotopic (exact) mass is 168 g/mol. The van der Waals surface area contributed by atoms with Crippen LogP contribution in [0.15, 0.2) is 0 Å². The number of rotatable bonds is 1. The van der Waals surface area contributed by atoms with Crippen LogP contribution in [0.2, 0.25) is 0 Å². The van der Waals surface area contributed by atoms with E-state index in [2.05, 4.69) is 0 Å². The largest absolute Gasteiger partial charge is 0.462 e. The van der Waals surface area contributed by atoms with E-state index < -0.39 is 0 Å². The number of hydrogen-bond acceptors (Lipinski definition) is 3. The van der Waals surface area contributed by atoms with Crippen LogP contribution in [0.25, 0.3) is 0 Å². The predicted octanol–water partition coefficient (Wildman–Crippen LogP) is 0.917. The molecule has 12 heavy (non-hydrogen) atoms. The highest BCUT2D eigenvalue weighted by Crippen LogP contribution is 2.43.